The van der Waals surface area contributed by atoms with Gasteiger partial charge in [-0.25, -0.2) is 8.42 Å². The van der Waals surface area contributed by atoms with Crippen LogP contribution in [0.5, 0.6) is 0 Å². The van der Waals surface area contributed by atoms with Crippen LogP contribution in [0.2, 0.25) is 15.1 Å². The van der Waals surface area contributed by atoms with Gasteiger partial charge in [-0.1, -0.05) is 83.3 Å². The zero-order valence-electron chi connectivity index (χ0n) is 22.7. The Morgan fingerprint density at radius 1 is 0.850 bits per heavy atom. The van der Waals surface area contributed by atoms with Crippen LogP contribution < -0.4 is 9.62 Å². The number of anilines is 1. The number of sulfonamides is 1. The second kappa shape index (κ2) is 13.3. The van der Waals surface area contributed by atoms with Gasteiger partial charge in [-0.05, 0) is 56.2 Å². The molecule has 0 saturated carbocycles. The average molecular weight is 625 g/mol. The molecule has 0 heterocycles. The van der Waals surface area contributed by atoms with Gasteiger partial charge in [0.1, 0.15) is 12.6 Å². The molecule has 7 nitrogen and oxygen atoms in total. The van der Waals surface area contributed by atoms with Crippen LogP contribution in [0.25, 0.3) is 0 Å². The Balaban J connectivity index is 2.10. The second-order valence-electron chi connectivity index (χ2n) is 10.4. The molecule has 3 aromatic rings. The molecule has 3 aromatic carbocycles. The topological polar surface area (TPSA) is 86.8 Å². The van der Waals surface area contributed by atoms with E-state index in [-0.39, 0.29) is 29.6 Å². The van der Waals surface area contributed by atoms with Crippen molar-refractivity contribution >= 4 is 62.3 Å². The van der Waals surface area contributed by atoms with Gasteiger partial charge in [0.05, 0.1) is 27.0 Å². The smallest absolute Gasteiger partial charge is 0.244 e. The van der Waals surface area contributed by atoms with Crippen molar-refractivity contribution in [2.45, 2.75) is 45.3 Å². The Hall–Kier alpha value is -2.78. The molecule has 0 aliphatic rings. The number of para-hydroxylation sites is 1. The van der Waals surface area contributed by atoms with Gasteiger partial charge in [-0.3, -0.25) is 13.9 Å². The first kappa shape index (κ1) is 31.7. The fraction of sp³-hybridized carbons (Fsp3) is 0.310. The standard InChI is InChI=1S/C29H32Cl3N3O4S/c1-29(2,3)33-28(37)26(17-20-10-6-5-7-11-20)34(18-21-14-15-22(30)24(32)16-21)27(36)19-35(40(4,38)39)25-13-9-8-12-23(25)31/h5-16,26H,17-19H2,1-4H3,(H,33,37). The molecule has 0 fully saturated rings. The van der Waals surface area contributed by atoms with Gasteiger partial charge >= 0.3 is 0 Å². The van der Waals surface area contributed by atoms with Crippen LogP contribution in [0.1, 0.15) is 31.9 Å². The van der Waals surface area contributed by atoms with Gasteiger partial charge in [0, 0.05) is 18.5 Å². The van der Waals surface area contributed by atoms with Crippen LogP contribution in [0.3, 0.4) is 0 Å². The zero-order valence-corrected chi connectivity index (χ0v) is 25.8. The van der Waals surface area contributed by atoms with Crippen LogP contribution in [-0.4, -0.2) is 49.5 Å². The lowest BCUT2D eigenvalue weighted by Crippen LogP contribution is -2.56. The number of carbonyl (C=O) groups is 2. The summed E-state index contributed by atoms with van der Waals surface area (Å²) in [4.78, 5) is 29.2. The van der Waals surface area contributed by atoms with Gasteiger partial charge in [-0.2, -0.15) is 0 Å². The Bertz CT molecular complexity index is 1460. The molecular weight excluding hydrogens is 593 g/mol. The summed E-state index contributed by atoms with van der Waals surface area (Å²) in [6.45, 7) is 4.94. The minimum Gasteiger partial charge on any atom is -0.350 e. The third kappa shape index (κ3) is 8.86. The monoisotopic (exact) mass is 623 g/mol. The summed E-state index contributed by atoms with van der Waals surface area (Å²) in [5.41, 5.74) is 1.02. The van der Waals surface area contributed by atoms with E-state index < -0.39 is 34.1 Å². The van der Waals surface area contributed by atoms with E-state index in [4.69, 9.17) is 34.8 Å². The highest BCUT2D eigenvalue weighted by atomic mass is 35.5. The largest absolute Gasteiger partial charge is 0.350 e. The molecule has 214 valence electrons. The number of nitrogens with one attached hydrogen (secondary N) is 1. The lowest BCUT2D eigenvalue weighted by molar-refractivity contribution is -0.140. The number of halogens is 3. The molecule has 40 heavy (non-hydrogen) atoms. The van der Waals surface area contributed by atoms with E-state index in [0.717, 1.165) is 16.1 Å². The lowest BCUT2D eigenvalue weighted by Gasteiger charge is -2.35. The second-order valence-corrected chi connectivity index (χ2v) is 13.6. The highest BCUT2D eigenvalue weighted by Gasteiger charge is 2.34. The number of hydrogen-bond donors (Lipinski definition) is 1. The van der Waals surface area contributed by atoms with E-state index in [1.54, 1.807) is 36.4 Å². The van der Waals surface area contributed by atoms with Crippen molar-refractivity contribution in [1.82, 2.24) is 10.2 Å². The Kier molecular flexibility index (Phi) is 10.5. The van der Waals surface area contributed by atoms with Crippen LogP contribution in [0.4, 0.5) is 5.69 Å². The van der Waals surface area contributed by atoms with Crippen LogP contribution in [-0.2, 0) is 32.6 Å². The van der Waals surface area contributed by atoms with E-state index in [0.29, 0.717) is 15.6 Å². The van der Waals surface area contributed by atoms with Gasteiger partial charge in [-0.15, -0.1) is 0 Å². The molecule has 3 rings (SSSR count). The number of benzene rings is 3. The van der Waals surface area contributed by atoms with Crippen LogP contribution >= 0.6 is 34.8 Å². The molecule has 1 unspecified atom stereocenters. The Labute approximate surface area is 251 Å². The van der Waals surface area contributed by atoms with Crippen molar-refractivity contribution < 1.29 is 18.0 Å². The first-order valence-electron chi connectivity index (χ1n) is 12.5. The van der Waals surface area contributed by atoms with Gasteiger partial charge in [0.25, 0.3) is 0 Å². The average Bonchev–Trinajstić information content (AvgIpc) is 2.86. The number of hydrogen-bond acceptors (Lipinski definition) is 4. The zero-order chi connectivity index (χ0) is 29.7. The lowest BCUT2D eigenvalue weighted by atomic mass is 10.0. The van der Waals surface area contributed by atoms with Crippen LogP contribution in [0, 0.1) is 0 Å². The minimum atomic E-state index is -3.93. The molecular formula is C29H32Cl3N3O4S. The molecule has 0 aliphatic heterocycles. The molecule has 1 N–H and O–H groups in total. The molecule has 0 spiro atoms. The summed E-state index contributed by atoms with van der Waals surface area (Å²) in [7, 11) is -3.93. The van der Waals surface area contributed by atoms with Gasteiger partial charge < -0.3 is 10.2 Å². The van der Waals surface area contributed by atoms with Crippen molar-refractivity contribution in [3.8, 4) is 0 Å². The quantitative estimate of drug-likeness (QED) is 0.301. The highest BCUT2D eigenvalue weighted by Crippen LogP contribution is 2.28. The summed E-state index contributed by atoms with van der Waals surface area (Å²) >= 11 is 18.7. The maximum atomic E-state index is 14.1. The molecule has 0 bridgehead atoms. The normalized spacial score (nSPS) is 12.5. The number of amides is 2. The van der Waals surface area contributed by atoms with Gasteiger partial charge in [0.2, 0.25) is 21.8 Å². The van der Waals surface area contributed by atoms with E-state index in [9.17, 15) is 18.0 Å². The summed E-state index contributed by atoms with van der Waals surface area (Å²) < 4.78 is 26.6. The Morgan fingerprint density at radius 2 is 1.48 bits per heavy atom. The predicted octanol–water partition coefficient (Wildman–Crippen LogP) is 5.97. The van der Waals surface area contributed by atoms with Crippen LogP contribution in [0.15, 0.2) is 72.8 Å². The minimum absolute atomic E-state index is 0.0229. The van der Waals surface area contributed by atoms with Gasteiger partial charge in [0.15, 0.2) is 0 Å². The summed E-state index contributed by atoms with van der Waals surface area (Å²) in [6, 6.07) is 19.6. The highest BCUT2D eigenvalue weighted by molar-refractivity contribution is 7.92. The molecule has 0 saturated heterocycles. The molecule has 11 heteroatoms. The van der Waals surface area contributed by atoms with E-state index in [1.165, 1.54) is 11.0 Å². The number of rotatable bonds is 10. The van der Waals surface area contributed by atoms with Crippen molar-refractivity contribution in [2.75, 3.05) is 17.1 Å². The number of carbonyl (C=O) groups excluding carboxylic acids is 2. The molecule has 1 atom stereocenters. The van der Waals surface area contributed by atoms with E-state index >= 15 is 0 Å². The van der Waals surface area contributed by atoms with E-state index in [1.807, 2.05) is 51.1 Å². The molecule has 2 amide bonds. The third-order valence-corrected chi connectivity index (χ3v) is 8.09. The number of nitrogens with zero attached hydrogens (tertiary/aromatic N) is 2. The van der Waals surface area contributed by atoms with E-state index in [2.05, 4.69) is 5.32 Å². The van der Waals surface area contributed by atoms with Crippen molar-refractivity contribution in [1.29, 1.82) is 0 Å². The summed E-state index contributed by atoms with van der Waals surface area (Å²) in [5.74, 6) is -0.977. The third-order valence-electron chi connectivity index (χ3n) is 5.91. The fourth-order valence-corrected chi connectivity index (χ4v) is 5.56. The predicted molar refractivity (Wildman–Crippen MR) is 162 cm³/mol. The SMILES string of the molecule is CC(C)(C)NC(=O)C(Cc1ccccc1)N(Cc1ccc(Cl)c(Cl)c1)C(=O)CN(c1ccccc1Cl)S(C)(=O)=O. The van der Waals surface area contributed by atoms with Crippen molar-refractivity contribution in [3.63, 3.8) is 0 Å². The summed E-state index contributed by atoms with van der Waals surface area (Å²) in [5, 5.41) is 3.78. The molecule has 0 radical (unpaired) electrons. The Morgan fingerprint density at radius 3 is 2.05 bits per heavy atom. The maximum Gasteiger partial charge on any atom is 0.244 e. The first-order chi connectivity index (χ1) is 18.7. The molecule has 0 aromatic heterocycles. The van der Waals surface area contributed by atoms with Crippen molar-refractivity contribution in [2.24, 2.45) is 0 Å². The van der Waals surface area contributed by atoms with Crippen molar-refractivity contribution in [3.05, 3.63) is 99.0 Å². The first-order valence-corrected chi connectivity index (χ1v) is 15.5. The maximum absolute atomic E-state index is 14.1. The fourth-order valence-electron chi connectivity index (χ4n) is 4.09. The summed E-state index contributed by atoms with van der Waals surface area (Å²) in [6.07, 6.45) is 1.20. The molecule has 0 aliphatic carbocycles.